The number of Topliss-reactive ketones (excluding diaryl/α,β-unsaturated/α-hetero) is 1. The zero-order valence-corrected chi connectivity index (χ0v) is 21.0. The molecule has 0 radical (unpaired) electrons. The molecule has 1 N–H and O–H groups in total. The van der Waals surface area contributed by atoms with Crippen LogP contribution in [0.4, 0.5) is 0 Å². The van der Waals surface area contributed by atoms with Crippen molar-refractivity contribution in [3.8, 4) is 17.2 Å². The third-order valence-corrected chi connectivity index (χ3v) is 5.95. The van der Waals surface area contributed by atoms with E-state index in [0.29, 0.717) is 48.1 Å². The zero-order valence-electron chi connectivity index (χ0n) is 21.0. The van der Waals surface area contributed by atoms with Gasteiger partial charge >= 0.3 is 0 Å². The zero-order chi connectivity index (χ0) is 25.5. The second kappa shape index (κ2) is 11.8. The van der Waals surface area contributed by atoms with Crippen molar-refractivity contribution < 1.29 is 28.9 Å². The Hall–Kier alpha value is -3.52. The number of hydrogen-bond acceptors (Lipinski definition) is 7. The Labute approximate surface area is 206 Å². The second-order valence-electron chi connectivity index (χ2n) is 8.63. The van der Waals surface area contributed by atoms with Gasteiger partial charge in [0.25, 0.3) is 11.7 Å². The smallest absolute Gasteiger partial charge is 0.295 e. The van der Waals surface area contributed by atoms with Gasteiger partial charge in [-0.1, -0.05) is 13.3 Å². The van der Waals surface area contributed by atoms with Crippen LogP contribution in [0.5, 0.6) is 17.2 Å². The summed E-state index contributed by atoms with van der Waals surface area (Å²) in [7, 11) is 6.84. The summed E-state index contributed by atoms with van der Waals surface area (Å²) in [6.45, 7) is 3.53. The number of likely N-dealkylation sites (tertiary alicyclic amines) is 1. The number of likely N-dealkylation sites (N-methyl/N-ethyl adjacent to an activating group) is 1. The molecule has 3 rings (SSSR count). The van der Waals surface area contributed by atoms with Crippen LogP contribution in [0.25, 0.3) is 5.76 Å². The van der Waals surface area contributed by atoms with Crippen LogP contribution in [0.15, 0.2) is 48.0 Å². The summed E-state index contributed by atoms with van der Waals surface area (Å²) >= 11 is 0. The number of ether oxygens (including phenoxy) is 3. The van der Waals surface area contributed by atoms with Crippen molar-refractivity contribution in [1.29, 1.82) is 0 Å². The van der Waals surface area contributed by atoms with Crippen LogP contribution in [0.1, 0.15) is 36.9 Å². The molecule has 1 heterocycles. The molecule has 188 valence electrons. The molecule has 0 saturated carbocycles. The van der Waals surface area contributed by atoms with Gasteiger partial charge in [-0.15, -0.1) is 0 Å². The number of carbonyl (C=O) groups is 2. The third kappa shape index (κ3) is 5.77. The van der Waals surface area contributed by atoms with Crippen molar-refractivity contribution in [2.45, 2.75) is 25.8 Å². The van der Waals surface area contributed by atoms with Crippen molar-refractivity contribution in [2.75, 3.05) is 48.0 Å². The standard InChI is InChI=1S/C27H34N2O6/c1-6-7-16-35-19-10-8-18(9-11-19)25(30)23-24(21-17-20(33-4)12-13-22(21)34-5)29(15-14-28(2)3)27(32)26(23)31/h8-13,17,24,30H,6-7,14-16H2,1-5H3/t24-/m0/s1. The van der Waals surface area contributed by atoms with E-state index in [1.165, 1.54) is 12.0 Å². The maximum absolute atomic E-state index is 13.2. The van der Waals surface area contributed by atoms with Gasteiger partial charge in [-0.2, -0.15) is 0 Å². The molecule has 0 unspecified atom stereocenters. The first-order valence-corrected chi connectivity index (χ1v) is 11.7. The fraction of sp³-hybridized carbons (Fsp3) is 0.407. The maximum atomic E-state index is 13.2. The molecule has 1 aliphatic heterocycles. The van der Waals surface area contributed by atoms with Gasteiger partial charge in [0.05, 0.1) is 32.4 Å². The molecule has 2 aromatic carbocycles. The summed E-state index contributed by atoms with van der Waals surface area (Å²) in [6, 6.07) is 11.2. The van der Waals surface area contributed by atoms with Crippen molar-refractivity contribution in [2.24, 2.45) is 0 Å². The van der Waals surface area contributed by atoms with Crippen LogP contribution in [0.3, 0.4) is 0 Å². The van der Waals surface area contributed by atoms with Crippen LogP contribution in [-0.2, 0) is 9.59 Å². The van der Waals surface area contributed by atoms with Gasteiger partial charge in [0.1, 0.15) is 23.0 Å². The highest BCUT2D eigenvalue weighted by atomic mass is 16.5. The highest BCUT2D eigenvalue weighted by molar-refractivity contribution is 6.46. The molecule has 1 fully saturated rings. The molecule has 35 heavy (non-hydrogen) atoms. The van der Waals surface area contributed by atoms with E-state index in [9.17, 15) is 14.7 Å². The molecular weight excluding hydrogens is 448 g/mol. The molecule has 0 spiro atoms. The number of nitrogens with zero attached hydrogens (tertiary/aromatic N) is 2. The average molecular weight is 483 g/mol. The first-order valence-electron chi connectivity index (χ1n) is 11.7. The Morgan fingerprint density at radius 2 is 1.71 bits per heavy atom. The van der Waals surface area contributed by atoms with Crippen LogP contribution >= 0.6 is 0 Å². The normalized spacial score (nSPS) is 17.2. The quantitative estimate of drug-likeness (QED) is 0.225. The maximum Gasteiger partial charge on any atom is 0.295 e. The van der Waals surface area contributed by atoms with Crippen molar-refractivity contribution in [1.82, 2.24) is 9.80 Å². The molecule has 8 nitrogen and oxygen atoms in total. The number of hydrogen-bond donors (Lipinski definition) is 1. The molecule has 0 aliphatic carbocycles. The number of benzene rings is 2. The third-order valence-electron chi connectivity index (χ3n) is 5.95. The first kappa shape index (κ1) is 26.1. The van der Waals surface area contributed by atoms with Gasteiger partial charge in [-0.25, -0.2) is 0 Å². The SMILES string of the molecule is CCCCOc1ccc(C(O)=C2C(=O)C(=O)N(CCN(C)C)[C@H]2c2cc(OC)ccc2OC)cc1. The molecule has 0 aromatic heterocycles. The largest absolute Gasteiger partial charge is 0.507 e. The molecule has 1 saturated heterocycles. The number of aliphatic hydroxyl groups is 1. The van der Waals surface area contributed by atoms with Gasteiger partial charge in [-0.3, -0.25) is 9.59 Å². The summed E-state index contributed by atoms with van der Waals surface area (Å²) in [5.41, 5.74) is 0.996. The molecule has 1 amide bonds. The van der Waals surface area contributed by atoms with Crippen LogP contribution in [0.2, 0.25) is 0 Å². The Kier molecular flexibility index (Phi) is 8.76. The first-order chi connectivity index (χ1) is 16.8. The Balaban J connectivity index is 2.11. The number of rotatable bonds is 11. The Morgan fingerprint density at radius 1 is 1.03 bits per heavy atom. The fourth-order valence-electron chi connectivity index (χ4n) is 3.99. The lowest BCUT2D eigenvalue weighted by Crippen LogP contribution is -2.35. The molecule has 1 atom stereocenters. The van der Waals surface area contributed by atoms with Crippen molar-refractivity contribution >= 4 is 17.4 Å². The molecule has 0 bridgehead atoms. The molecule has 2 aromatic rings. The van der Waals surface area contributed by atoms with Crippen molar-refractivity contribution in [3.05, 3.63) is 59.2 Å². The summed E-state index contributed by atoms with van der Waals surface area (Å²) in [6.07, 6.45) is 1.97. The van der Waals surface area contributed by atoms with Gasteiger partial charge in [0.15, 0.2) is 0 Å². The van der Waals surface area contributed by atoms with Gasteiger partial charge in [0, 0.05) is 24.2 Å². The number of methoxy groups -OCH3 is 2. The highest BCUT2D eigenvalue weighted by Crippen LogP contribution is 2.43. The number of carbonyl (C=O) groups excluding carboxylic acids is 2. The number of amides is 1. The van der Waals surface area contributed by atoms with E-state index in [0.717, 1.165) is 12.8 Å². The lowest BCUT2D eigenvalue weighted by atomic mass is 9.94. The van der Waals surface area contributed by atoms with E-state index in [-0.39, 0.29) is 11.3 Å². The second-order valence-corrected chi connectivity index (χ2v) is 8.63. The highest BCUT2D eigenvalue weighted by Gasteiger charge is 2.47. The van der Waals surface area contributed by atoms with E-state index in [1.807, 2.05) is 19.0 Å². The monoisotopic (exact) mass is 482 g/mol. The average Bonchev–Trinajstić information content (AvgIpc) is 3.11. The predicted molar refractivity (Wildman–Crippen MR) is 134 cm³/mol. The van der Waals surface area contributed by atoms with E-state index in [1.54, 1.807) is 49.6 Å². The van der Waals surface area contributed by atoms with Gasteiger partial charge in [-0.05, 0) is 63.0 Å². The lowest BCUT2D eigenvalue weighted by molar-refractivity contribution is -0.140. The van der Waals surface area contributed by atoms with Crippen molar-refractivity contribution in [3.63, 3.8) is 0 Å². The van der Waals surface area contributed by atoms with E-state index >= 15 is 0 Å². The molecular formula is C27H34N2O6. The van der Waals surface area contributed by atoms with Crippen LogP contribution in [-0.4, -0.2) is 74.6 Å². The Morgan fingerprint density at radius 3 is 2.31 bits per heavy atom. The van der Waals surface area contributed by atoms with E-state index in [4.69, 9.17) is 14.2 Å². The summed E-state index contributed by atoms with van der Waals surface area (Å²) < 4.78 is 16.7. The number of unbranched alkanes of at least 4 members (excludes halogenated alkanes) is 1. The van der Waals surface area contributed by atoms with Crippen LogP contribution < -0.4 is 14.2 Å². The topological polar surface area (TPSA) is 88.5 Å². The molecule has 8 heteroatoms. The predicted octanol–water partition coefficient (Wildman–Crippen LogP) is 3.87. The minimum atomic E-state index is -0.833. The Bertz CT molecular complexity index is 1080. The number of ketones is 1. The number of aliphatic hydroxyl groups excluding tert-OH is 1. The summed E-state index contributed by atoms with van der Waals surface area (Å²) in [5, 5.41) is 11.3. The summed E-state index contributed by atoms with van der Waals surface area (Å²) in [5.74, 6) is 0.0611. The van der Waals surface area contributed by atoms with Crippen LogP contribution in [0, 0.1) is 0 Å². The molecule has 1 aliphatic rings. The summed E-state index contributed by atoms with van der Waals surface area (Å²) in [4.78, 5) is 29.8. The minimum Gasteiger partial charge on any atom is -0.507 e. The van der Waals surface area contributed by atoms with E-state index < -0.39 is 17.7 Å². The van der Waals surface area contributed by atoms with Gasteiger partial charge < -0.3 is 29.1 Å². The van der Waals surface area contributed by atoms with Gasteiger partial charge in [0.2, 0.25) is 0 Å². The lowest BCUT2D eigenvalue weighted by Gasteiger charge is -2.28. The fourth-order valence-corrected chi connectivity index (χ4v) is 3.99. The van der Waals surface area contributed by atoms with E-state index in [2.05, 4.69) is 6.92 Å². The minimum absolute atomic E-state index is 0.0139.